The fraction of sp³-hybridized carbons (Fsp3) is 0.500. The van der Waals surface area contributed by atoms with Crippen molar-refractivity contribution in [2.45, 2.75) is 31.9 Å². The second kappa shape index (κ2) is 6.45. The van der Waals surface area contributed by atoms with E-state index in [-0.39, 0.29) is 17.8 Å². The average molecular weight is 354 g/mol. The lowest BCUT2D eigenvalue weighted by atomic mass is 10.0. The Balaban J connectivity index is 1.91. The van der Waals surface area contributed by atoms with Gasteiger partial charge in [-0.3, -0.25) is 0 Å². The topological polar surface area (TPSA) is 70.0 Å². The minimum atomic E-state index is -4.15. The van der Waals surface area contributed by atoms with E-state index in [0.29, 0.717) is 23.4 Å². The monoisotopic (exact) mass is 354 g/mol. The molecule has 1 aliphatic rings. The summed E-state index contributed by atoms with van der Waals surface area (Å²) in [7, 11) is 2.89. The highest BCUT2D eigenvalue weighted by molar-refractivity contribution is 5.64. The summed E-state index contributed by atoms with van der Waals surface area (Å²) in [6.45, 7) is 1.75. The SMILES string of the molecule is COc1ncc(-c2cc(C3C[C@@H]3CC(F)(F)F)c(C)nn2)c(OC)n1. The van der Waals surface area contributed by atoms with E-state index < -0.39 is 18.5 Å². The summed E-state index contributed by atoms with van der Waals surface area (Å²) in [5.41, 5.74) is 2.37. The third-order valence-electron chi connectivity index (χ3n) is 4.22. The molecule has 25 heavy (non-hydrogen) atoms. The zero-order valence-corrected chi connectivity index (χ0v) is 14.0. The molecule has 1 fully saturated rings. The van der Waals surface area contributed by atoms with Crippen LogP contribution in [0.3, 0.4) is 0 Å². The summed E-state index contributed by atoms with van der Waals surface area (Å²) >= 11 is 0. The van der Waals surface area contributed by atoms with Crippen LogP contribution in [0.25, 0.3) is 11.3 Å². The largest absolute Gasteiger partial charge is 0.480 e. The van der Waals surface area contributed by atoms with Gasteiger partial charge in [-0.05, 0) is 36.8 Å². The number of aromatic nitrogens is 4. The molecule has 9 heteroatoms. The van der Waals surface area contributed by atoms with Gasteiger partial charge in [0.25, 0.3) is 0 Å². The van der Waals surface area contributed by atoms with Gasteiger partial charge < -0.3 is 9.47 Å². The van der Waals surface area contributed by atoms with E-state index in [2.05, 4.69) is 20.2 Å². The molecule has 1 saturated carbocycles. The molecule has 0 amide bonds. The van der Waals surface area contributed by atoms with Crippen LogP contribution >= 0.6 is 0 Å². The summed E-state index contributed by atoms with van der Waals surface area (Å²) in [4.78, 5) is 8.12. The fourth-order valence-corrected chi connectivity index (χ4v) is 2.91. The molecular weight excluding hydrogens is 337 g/mol. The Hall–Kier alpha value is -2.45. The molecule has 0 aromatic carbocycles. The van der Waals surface area contributed by atoms with Crippen LogP contribution in [0, 0.1) is 12.8 Å². The number of hydrogen-bond donors (Lipinski definition) is 0. The molecule has 1 unspecified atom stereocenters. The standard InChI is InChI=1S/C16H17F3N4O2/c1-8-10(11-4-9(11)6-16(17,18)19)5-13(23-22-8)12-7-20-15(25-3)21-14(12)24-2/h5,7,9,11H,4,6H2,1-3H3/t9-,11?/m1/s1. The second-order valence-corrected chi connectivity index (χ2v) is 5.97. The van der Waals surface area contributed by atoms with E-state index in [1.807, 2.05) is 0 Å². The van der Waals surface area contributed by atoms with Crippen molar-refractivity contribution in [1.29, 1.82) is 0 Å². The molecule has 2 aromatic rings. The number of nitrogens with zero attached hydrogens (tertiary/aromatic N) is 4. The first-order valence-electron chi connectivity index (χ1n) is 7.68. The van der Waals surface area contributed by atoms with Crippen molar-refractivity contribution in [2.24, 2.45) is 5.92 Å². The lowest BCUT2D eigenvalue weighted by molar-refractivity contribution is -0.138. The summed E-state index contributed by atoms with van der Waals surface area (Å²) < 4.78 is 47.9. The molecule has 0 radical (unpaired) electrons. The first kappa shape index (κ1) is 17.4. The van der Waals surface area contributed by atoms with E-state index in [1.165, 1.54) is 20.4 Å². The van der Waals surface area contributed by atoms with Gasteiger partial charge in [-0.25, -0.2) is 4.98 Å². The van der Waals surface area contributed by atoms with Gasteiger partial charge in [-0.15, -0.1) is 5.10 Å². The lowest BCUT2D eigenvalue weighted by Crippen LogP contribution is -2.09. The van der Waals surface area contributed by atoms with Crippen molar-refractivity contribution >= 4 is 0 Å². The quantitative estimate of drug-likeness (QED) is 0.820. The highest BCUT2D eigenvalue weighted by Crippen LogP contribution is 2.53. The van der Waals surface area contributed by atoms with Crippen molar-refractivity contribution in [1.82, 2.24) is 20.2 Å². The molecule has 6 nitrogen and oxygen atoms in total. The average Bonchev–Trinajstić information content (AvgIpc) is 3.31. The Kier molecular flexibility index (Phi) is 4.49. The summed E-state index contributed by atoms with van der Waals surface area (Å²) in [6.07, 6.45) is -2.93. The Morgan fingerprint density at radius 2 is 1.96 bits per heavy atom. The molecule has 0 aliphatic heterocycles. The highest BCUT2D eigenvalue weighted by atomic mass is 19.4. The van der Waals surface area contributed by atoms with Crippen molar-refractivity contribution in [2.75, 3.05) is 14.2 Å². The highest BCUT2D eigenvalue weighted by Gasteiger charge is 2.46. The van der Waals surface area contributed by atoms with E-state index >= 15 is 0 Å². The normalized spacial score (nSPS) is 19.6. The smallest absolute Gasteiger partial charge is 0.389 e. The van der Waals surface area contributed by atoms with E-state index in [4.69, 9.17) is 9.47 Å². The van der Waals surface area contributed by atoms with Crippen LogP contribution in [-0.4, -0.2) is 40.6 Å². The molecule has 2 atom stereocenters. The fourth-order valence-electron chi connectivity index (χ4n) is 2.91. The Morgan fingerprint density at radius 1 is 1.20 bits per heavy atom. The van der Waals surface area contributed by atoms with Gasteiger partial charge in [-0.2, -0.15) is 23.3 Å². The van der Waals surface area contributed by atoms with Gasteiger partial charge in [0.2, 0.25) is 5.88 Å². The Labute approximate surface area is 142 Å². The second-order valence-electron chi connectivity index (χ2n) is 5.97. The number of alkyl halides is 3. The van der Waals surface area contributed by atoms with E-state index in [1.54, 1.807) is 13.0 Å². The van der Waals surface area contributed by atoms with E-state index in [9.17, 15) is 13.2 Å². The minimum Gasteiger partial charge on any atom is -0.480 e. The van der Waals surface area contributed by atoms with Crippen molar-refractivity contribution < 1.29 is 22.6 Å². The molecule has 134 valence electrons. The van der Waals surface area contributed by atoms with Gasteiger partial charge >= 0.3 is 12.2 Å². The predicted molar refractivity (Wildman–Crippen MR) is 82.4 cm³/mol. The van der Waals surface area contributed by atoms with Gasteiger partial charge in [0.1, 0.15) is 5.69 Å². The molecule has 0 N–H and O–H groups in total. The summed E-state index contributed by atoms with van der Waals surface area (Å²) in [5, 5.41) is 8.20. The van der Waals surface area contributed by atoms with Crippen molar-refractivity contribution in [3.8, 4) is 23.1 Å². The molecule has 0 spiro atoms. The third-order valence-corrected chi connectivity index (χ3v) is 4.22. The number of methoxy groups -OCH3 is 2. The maximum absolute atomic E-state index is 12.6. The number of aryl methyl sites for hydroxylation is 1. The predicted octanol–water partition coefficient (Wildman–Crippen LogP) is 3.32. The van der Waals surface area contributed by atoms with Crippen molar-refractivity contribution in [3.63, 3.8) is 0 Å². The minimum absolute atomic E-state index is 0.147. The van der Waals surface area contributed by atoms with Gasteiger partial charge in [0, 0.05) is 12.6 Å². The first-order chi connectivity index (χ1) is 11.8. The zero-order chi connectivity index (χ0) is 18.2. The van der Waals surface area contributed by atoms with E-state index in [0.717, 1.165) is 5.56 Å². The van der Waals surface area contributed by atoms with Gasteiger partial charge in [0.15, 0.2) is 0 Å². The van der Waals surface area contributed by atoms with Crippen LogP contribution in [-0.2, 0) is 0 Å². The first-order valence-corrected chi connectivity index (χ1v) is 7.68. The molecule has 2 heterocycles. The molecular formula is C16H17F3N4O2. The maximum Gasteiger partial charge on any atom is 0.389 e. The Bertz CT molecular complexity index is 782. The maximum atomic E-state index is 12.6. The summed E-state index contributed by atoms with van der Waals surface area (Å²) in [5.74, 6) is -0.288. The van der Waals surface area contributed by atoms with Crippen molar-refractivity contribution in [3.05, 3.63) is 23.5 Å². The molecule has 2 aromatic heterocycles. The molecule has 0 bridgehead atoms. The van der Waals surface area contributed by atoms with Crippen LogP contribution < -0.4 is 9.47 Å². The number of rotatable bonds is 5. The molecule has 0 saturated heterocycles. The van der Waals surface area contributed by atoms with Crippen LogP contribution in [0.5, 0.6) is 11.9 Å². The molecule has 3 rings (SSSR count). The van der Waals surface area contributed by atoms with Crippen LogP contribution in [0.2, 0.25) is 0 Å². The van der Waals surface area contributed by atoms with Crippen LogP contribution in [0.1, 0.15) is 30.0 Å². The third kappa shape index (κ3) is 3.80. The molecule has 1 aliphatic carbocycles. The van der Waals surface area contributed by atoms with Crippen LogP contribution in [0.15, 0.2) is 12.3 Å². The van der Waals surface area contributed by atoms with Gasteiger partial charge in [-0.1, -0.05) is 0 Å². The number of halogens is 3. The van der Waals surface area contributed by atoms with Gasteiger partial charge in [0.05, 0.1) is 25.5 Å². The van der Waals surface area contributed by atoms with Crippen LogP contribution in [0.4, 0.5) is 13.2 Å². The Morgan fingerprint density at radius 3 is 2.60 bits per heavy atom. The number of hydrogen-bond acceptors (Lipinski definition) is 6. The lowest BCUT2D eigenvalue weighted by Gasteiger charge is -2.10. The zero-order valence-electron chi connectivity index (χ0n) is 14.0. The summed E-state index contributed by atoms with van der Waals surface area (Å²) in [6, 6.07) is 1.89. The number of ether oxygens (including phenoxy) is 2.